The molecule has 7 rings (SSSR count). The van der Waals surface area contributed by atoms with E-state index in [9.17, 15) is 19.6 Å². The number of aliphatic hydroxyl groups is 1. The number of nitriles is 1. The molecule has 1 amide bonds. The zero-order chi connectivity index (χ0) is 30.0. The Bertz CT molecular complexity index is 1820. The molecule has 2 aliphatic heterocycles. The first-order valence-corrected chi connectivity index (χ1v) is 14.9. The first-order chi connectivity index (χ1) is 20.7. The number of hydrogen-bond acceptors (Lipinski definition) is 6. The summed E-state index contributed by atoms with van der Waals surface area (Å²) < 4.78 is 32.4. The second-order valence-corrected chi connectivity index (χ2v) is 12.5. The number of benzene rings is 3. The van der Waals surface area contributed by atoms with E-state index in [0.29, 0.717) is 40.6 Å². The van der Waals surface area contributed by atoms with E-state index in [1.165, 1.54) is 22.9 Å². The average Bonchev–Trinajstić information content (AvgIpc) is 3.50. The lowest BCUT2D eigenvalue weighted by Crippen LogP contribution is -2.50. The minimum Gasteiger partial charge on any atom is -0.388 e. The van der Waals surface area contributed by atoms with Crippen LogP contribution in [0.25, 0.3) is 33.3 Å². The maximum Gasteiger partial charge on any atom is 0.254 e. The standard InChI is InChI=1S/C32H29ClF2N6O2/c33-28-29(35)25(14-27-30(28)40(39-38-27)16-32(43)8-1-9-32)23-7-4-18(10-24(23)17-2-3-19(15-36)26(34)11-17)31(42)41-21-5-6-22(41)13-20(37)12-21/h2-4,7,10-11,14,20-22,43H,1,5-6,8-9,12-13,16,37H2/t20?,21-,22+. The lowest BCUT2D eigenvalue weighted by Gasteiger charge is -2.38. The number of carbonyl (C=O) groups excluding carboxylic acids is 1. The Balaban J connectivity index is 1.35. The van der Waals surface area contributed by atoms with Gasteiger partial charge in [-0.2, -0.15) is 5.26 Å². The minimum atomic E-state index is -0.923. The van der Waals surface area contributed by atoms with Crippen LogP contribution in [0.1, 0.15) is 60.9 Å². The summed E-state index contributed by atoms with van der Waals surface area (Å²) in [5, 5.41) is 28.1. The van der Waals surface area contributed by atoms with Gasteiger partial charge >= 0.3 is 0 Å². The highest BCUT2D eigenvalue weighted by Crippen LogP contribution is 2.42. The molecule has 2 bridgehead atoms. The van der Waals surface area contributed by atoms with Gasteiger partial charge in [0.1, 0.15) is 27.9 Å². The third-order valence-corrected chi connectivity index (χ3v) is 9.71. The van der Waals surface area contributed by atoms with Gasteiger partial charge in [0.25, 0.3) is 5.91 Å². The van der Waals surface area contributed by atoms with Gasteiger partial charge in [0.15, 0.2) is 5.82 Å². The number of halogens is 3. The Labute approximate surface area is 251 Å². The molecule has 3 N–H and O–H groups in total. The molecule has 0 spiro atoms. The van der Waals surface area contributed by atoms with Gasteiger partial charge in [0.05, 0.1) is 17.7 Å². The van der Waals surface area contributed by atoms with Crippen molar-refractivity contribution >= 4 is 28.5 Å². The summed E-state index contributed by atoms with van der Waals surface area (Å²) in [5.41, 5.74) is 7.43. The van der Waals surface area contributed by atoms with Crippen LogP contribution < -0.4 is 5.73 Å². The maximum absolute atomic E-state index is 16.1. The summed E-state index contributed by atoms with van der Waals surface area (Å²) in [4.78, 5) is 15.8. The SMILES string of the molecule is N#Cc1ccc(-c2cc(C(=O)N3[C@@H]4CC[C@H]3CC(N)C4)ccc2-c2cc3nnn(CC4(O)CCC4)c3c(Cl)c2F)cc1F. The summed E-state index contributed by atoms with van der Waals surface area (Å²) in [7, 11) is 0. The number of fused-ring (bicyclic) bond motifs is 3. The zero-order valence-electron chi connectivity index (χ0n) is 23.2. The first kappa shape index (κ1) is 27.9. The smallest absolute Gasteiger partial charge is 0.254 e. The molecule has 0 radical (unpaired) electrons. The molecule has 1 saturated carbocycles. The van der Waals surface area contributed by atoms with Crippen LogP contribution >= 0.6 is 11.6 Å². The van der Waals surface area contributed by atoms with Crippen LogP contribution in [0, 0.1) is 23.0 Å². The monoisotopic (exact) mass is 602 g/mol. The Morgan fingerprint density at radius 2 is 1.84 bits per heavy atom. The summed E-state index contributed by atoms with van der Waals surface area (Å²) in [5.74, 6) is -1.60. The number of amides is 1. The van der Waals surface area contributed by atoms with E-state index in [0.717, 1.165) is 32.1 Å². The van der Waals surface area contributed by atoms with Crippen LogP contribution in [0.3, 0.4) is 0 Å². The highest BCUT2D eigenvalue weighted by molar-refractivity contribution is 6.35. The van der Waals surface area contributed by atoms with Gasteiger partial charge in [0.2, 0.25) is 0 Å². The second-order valence-electron chi connectivity index (χ2n) is 12.1. The highest BCUT2D eigenvalue weighted by atomic mass is 35.5. The van der Waals surface area contributed by atoms with Crippen LogP contribution in [0.15, 0.2) is 42.5 Å². The topological polar surface area (TPSA) is 121 Å². The van der Waals surface area contributed by atoms with E-state index in [1.807, 2.05) is 11.0 Å². The summed E-state index contributed by atoms with van der Waals surface area (Å²) in [6.07, 6.45) is 5.43. The molecule has 3 atom stereocenters. The summed E-state index contributed by atoms with van der Waals surface area (Å²) in [6.45, 7) is 0.151. The Morgan fingerprint density at radius 1 is 1.09 bits per heavy atom. The van der Waals surface area contributed by atoms with Gasteiger partial charge in [-0.25, -0.2) is 13.5 Å². The molecule has 11 heteroatoms. The molecule has 220 valence electrons. The van der Waals surface area contributed by atoms with E-state index in [4.69, 9.17) is 17.3 Å². The minimum absolute atomic E-state index is 0.0657. The Hall–Kier alpha value is -3.91. The second kappa shape index (κ2) is 10.4. The molecule has 1 unspecified atom stereocenters. The van der Waals surface area contributed by atoms with Gasteiger partial charge in [-0.1, -0.05) is 28.9 Å². The van der Waals surface area contributed by atoms with Crippen molar-refractivity contribution in [3.05, 3.63) is 70.2 Å². The first-order valence-electron chi connectivity index (χ1n) is 14.5. The summed E-state index contributed by atoms with van der Waals surface area (Å²) >= 11 is 6.59. The van der Waals surface area contributed by atoms with Gasteiger partial charge < -0.3 is 15.7 Å². The van der Waals surface area contributed by atoms with Crippen molar-refractivity contribution in [2.75, 3.05) is 0 Å². The number of aromatic nitrogens is 3. The van der Waals surface area contributed by atoms with Crippen molar-refractivity contribution in [2.45, 2.75) is 75.2 Å². The Kier molecular flexibility index (Phi) is 6.73. The number of piperidine rings is 1. The molecule has 2 saturated heterocycles. The molecule has 4 aromatic rings. The van der Waals surface area contributed by atoms with Crippen LogP contribution in [0.5, 0.6) is 0 Å². The van der Waals surface area contributed by atoms with E-state index in [-0.39, 0.29) is 52.2 Å². The van der Waals surface area contributed by atoms with Crippen molar-refractivity contribution in [1.82, 2.24) is 19.9 Å². The van der Waals surface area contributed by atoms with Gasteiger partial charge in [-0.15, -0.1) is 5.10 Å². The van der Waals surface area contributed by atoms with E-state index in [2.05, 4.69) is 10.3 Å². The quantitative estimate of drug-likeness (QED) is 0.308. The van der Waals surface area contributed by atoms with Gasteiger partial charge in [-0.05, 0) is 92.0 Å². The third kappa shape index (κ3) is 4.67. The zero-order valence-corrected chi connectivity index (χ0v) is 24.0. The summed E-state index contributed by atoms with van der Waals surface area (Å²) in [6, 6.07) is 12.6. The number of hydrogen-bond donors (Lipinski definition) is 2. The molecule has 1 aromatic heterocycles. The predicted molar refractivity (Wildman–Crippen MR) is 157 cm³/mol. The Morgan fingerprint density at radius 3 is 2.49 bits per heavy atom. The number of rotatable bonds is 5. The molecule has 8 nitrogen and oxygen atoms in total. The molecular formula is C32H29ClF2N6O2. The van der Waals surface area contributed by atoms with Crippen LogP contribution in [-0.2, 0) is 6.54 Å². The fourth-order valence-electron chi connectivity index (χ4n) is 7.02. The predicted octanol–water partition coefficient (Wildman–Crippen LogP) is 5.58. The fourth-order valence-corrected chi connectivity index (χ4v) is 7.32. The lowest BCUT2D eigenvalue weighted by atomic mass is 9.80. The molecule has 43 heavy (non-hydrogen) atoms. The van der Waals surface area contributed by atoms with Gasteiger partial charge in [0, 0.05) is 29.3 Å². The van der Waals surface area contributed by atoms with Gasteiger partial charge in [-0.3, -0.25) is 4.79 Å². The fraction of sp³-hybridized carbons (Fsp3) is 0.375. The van der Waals surface area contributed by atoms with Crippen LogP contribution in [0.4, 0.5) is 8.78 Å². The molecule has 3 aromatic carbocycles. The molecular weight excluding hydrogens is 574 g/mol. The van der Waals surface area contributed by atoms with E-state index < -0.39 is 17.2 Å². The molecule has 3 aliphatic rings. The molecule has 1 aliphatic carbocycles. The molecule has 3 fully saturated rings. The lowest BCUT2D eigenvalue weighted by molar-refractivity contribution is -0.0492. The van der Waals surface area contributed by atoms with E-state index >= 15 is 4.39 Å². The van der Waals surface area contributed by atoms with E-state index in [1.54, 1.807) is 24.3 Å². The van der Waals surface area contributed by atoms with Crippen molar-refractivity contribution in [3.8, 4) is 28.3 Å². The van der Waals surface area contributed by atoms with Crippen molar-refractivity contribution in [2.24, 2.45) is 5.73 Å². The third-order valence-electron chi connectivity index (χ3n) is 9.37. The van der Waals surface area contributed by atoms with Crippen molar-refractivity contribution in [3.63, 3.8) is 0 Å². The van der Waals surface area contributed by atoms with Crippen molar-refractivity contribution in [1.29, 1.82) is 5.26 Å². The molecule has 3 heterocycles. The average molecular weight is 603 g/mol. The van der Waals surface area contributed by atoms with Crippen LogP contribution in [-0.4, -0.2) is 54.6 Å². The number of nitrogens with two attached hydrogens (primary N) is 1. The number of carbonyl (C=O) groups is 1. The van der Waals surface area contributed by atoms with Crippen LogP contribution in [0.2, 0.25) is 5.02 Å². The number of nitrogens with zero attached hydrogens (tertiary/aromatic N) is 5. The van der Waals surface area contributed by atoms with Crippen molar-refractivity contribution < 1.29 is 18.7 Å². The highest BCUT2D eigenvalue weighted by Gasteiger charge is 2.42. The largest absolute Gasteiger partial charge is 0.388 e. The maximum atomic E-state index is 16.1. The normalized spacial score (nSPS) is 22.4.